The predicted molar refractivity (Wildman–Crippen MR) is 94.3 cm³/mol. The van der Waals surface area contributed by atoms with E-state index in [-0.39, 0.29) is 17.4 Å². The van der Waals surface area contributed by atoms with Crippen LogP contribution in [-0.4, -0.2) is 16.1 Å². The Morgan fingerprint density at radius 2 is 2.16 bits per heavy atom. The smallest absolute Gasteiger partial charge is 0.246 e. The van der Waals surface area contributed by atoms with Gasteiger partial charge in [0.2, 0.25) is 5.91 Å². The van der Waals surface area contributed by atoms with Gasteiger partial charge in [0.15, 0.2) is 5.17 Å². The van der Waals surface area contributed by atoms with Crippen LogP contribution in [0.2, 0.25) is 0 Å². The fourth-order valence-electron chi connectivity index (χ4n) is 2.58. The number of thioether (sulfide) groups is 1. The second kappa shape index (κ2) is 6.65. The third-order valence-electron chi connectivity index (χ3n) is 4.05. The number of nitrogens with one attached hydrogen (secondary N) is 1. The van der Waals surface area contributed by atoms with Crippen LogP contribution in [0.5, 0.6) is 0 Å². The van der Waals surface area contributed by atoms with Gasteiger partial charge >= 0.3 is 0 Å². The fourth-order valence-corrected chi connectivity index (χ4v) is 3.71. The Balaban J connectivity index is 1.89. The summed E-state index contributed by atoms with van der Waals surface area (Å²) >= 11 is 1.25. The molecule has 7 heteroatoms. The molecule has 2 aromatic rings. The van der Waals surface area contributed by atoms with Gasteiger partial charge in [0.05, 0.1) is 6.04 Å². The van der Waals surface area contributed by atoms with Crippen molar-refractivity contribution in [1.29, 1.82) is 5.26 Å². The summed E-state index contributed by atoms with van der Waals surface area (Å²) < 4.78 is 13.0. The van der Waals surface area contributed by atoms with Gasteiger partial charge < -0.3 is 5.32 Å². The number of nitrogens with zero attached hydrogens (tertiary/aromatic N) is 3. The number of hydrogen-bond donors (Lipinski definition) is 1. The van der Waals surface area contributed by atoms with Crippen molar-refractivity contribution >= 4 is 22.8 Å². The molecule has 1 aliphatic heterocycles. The zero-order valence-electron chi connectivity index (χ0n) is 13.7. The monoisotopic (exact) mass is 354 g/mol. The van der Waals surface area contributed by atoms with Crippen LogP contribution in [0.3, 0.4) is 0 Å². The van der Waals surface area contributed by atoms with Crippen molar-refractivity contribution in [2.75, 3.05) is 0 Å². The second-order valence-corrected chi connectivity index (χ2v) is 7.17. The lowest BCUT2D eigenvalue weighted by molar-refractivity contribution is -0.121. The maximum atomic E-state index is 13.9. The van der Waals surface area contributed by atoms with Crippen molar-refractivity contribution in [2.24, 2.45) is 4.99 Å². The summed E-state index contributed by atoms with van der Waals surface area (Å²) in [7, 11) is 0. The van der Waals surface area contributed by atoms with Crippen LogP contribution < -0.4 is 5.32 Å². The number of aromatic nitrogens is 1. The van der Waals surface area contributed by atoms with Gasteiger partial charge in [-0.2, -0.15) is 5.26 Å². The maximum absolute atomic E-state index is 13.9. The molecule has 0 spiro atoms. The number of halogens is 1. The Morgan fingerprint density at radius 3 is 2.88 bits per heavy atom. The summed E-state index contributed by atoms with van der Waals surface area (Å²) in [5.74, 6) is -0.559. The molecule has 1 fully saturated rings. The number of benzene rings is 1. The molecule has 2 unspecified atom stereocenters. The highest BCUT2D eigenvalue weighted by atomic mass is 32.2. The standard InChI is InChI=1S/C18H15FN4OS/c1-11(14-5-3-4-6-15(14)19)22-17-23-16(24)18(2,25-17)12-7-8-21-13(9-12)10-20/h3-9,11H,1-2H3,(H,22,23,24). The lowest BCUT2D eigenvalue weighted by Gasteiger charge is -2.19. The zero-order chi connectivity index (χ0) is 18.0. The molecule has 0 saturated carbocycles. The molecule has 2 atom stereocenters. The first-order valence-electron chi connectivity index (χ1n) is 7.63. The lowest BCUT2D eigenvalue weighted by Crippen LogP contribution is -2.31. The first-order valence-corrected chi connectivity index (χ1v) is 8.45. The highest BCUT2D eigenvalue weighted by molar-refractivity contribution is 8.15. The number of aliphatic imine (C=N–C) groups is 1. The number of pyridine rings is 1. The van der Waals surface area contributed by atoms with Gasteiger partial charge in [0.25, 0.3) is 0 Å². The molecule has 0 radical (unpaired) electrons. The summed E-state index contributed by atoms with van der Waals surface area (Å²) in [5.41, 5.74) is 1.39. The Labute approximate surface area is 149 Å². The molecular formula is C18H15FN4OS. The zero-order valence-corrected chi connectivity index (χ0v) is 14.5. The van der Waals surface area contributed by atoms with E-state index < -0.39 is 10.8 Å². The second-order valence-electron chi connectivity index (χ2n) is 5.76. The molecule has 1 saturated heterocycles. The third-order valence-corrected chi connectivity index (χ3v) is 5.28. The van der Waals surface area contributed by atoms with Crippen molar-refractivity contribution in [2.45, 2.75) is 24.6 Å². The van der Waals surface area contributed by atoms with Crippen LogP contribution in [0.25, 0.3) is 0 Å². The molecule has 1 amide bonds. The summed E-state index contributed by atoms with van der Waals surface area (Å²) in [5, 5.41) is 12.2. The largest absolute Gasteiger partial charge is 0.304 e. The topological polar surface area (TPSA) is 78.1 Å². The van der Waals surface area contributed by atoms with Gasteiger partial charge in [-0.05, 0) is 37.6 Å². The highest BCUT2D eigenvalue weighted by Gasteiger charge is 2.44. The Morgan fingerprint density at radius 1 is 1.40 bits per heavy atom. The van der Waals surface area contributed by atoms with Crippen LogP contribution in [0.4, 0.5) is 4.39 Å². The van der Waals surface area contributed by atoms with Crippen molar-refractivity contribution in [3.63, 3.8) is 0 Å². The van der Waals surface area contributed by atoms with E-state index >= 15 is 0 Å². The number of hydrogen-bond acceptors (Lipinski definition) is 5. The molecule has 25 heavy (non-hydrogen) atoms. The molecule has 126 valence electrons. The van der Waals surface area contributed by atoms with Gasteiger partial charge in [-0.1, -0.05) is 30.0 Å². The minimum Gasteiger partial charge on any atom is -0.304 e. The summed E-state index contributed by atoms with van der Waals surface area (Å²) in [4.78, 5) is 20.9. The van der Waals surface area contributed by atoms with Gasteiger partial charge in [0.1, 0.15) is 22.3 Å². The average Bonchev–Trinajstić information content (AvgIpc) is 2.90. The normalized spacial score (nSPS) is 22.5. The fraction of sp³-hybridized carbons (Fsp3) is 0.222. The van der Waals surface area contributed by atoms with Crippen LogP contribution in [0, 0.1) is 17.1 Å². The van der Waals surface area contributed by atoms with Crippen LogP contribution in [-0.2, 0) is 9.54 Å². The Hall–Kier alpha value is -2.72. The minimum absolute atomic E-state index is 0.230. The third kappa shape index (κ3) is 3.26. The lowest BCUT2D eigenvalue weighted by atomic mass is 10.00. The quantitative estimate of drug-likeness (QED) is 0.917. The van der Waals surface area contributed by atoms with E-state index in [0.29, 0.717) is 16.3 Å². The minimum atomic E-state index is -0.914. The van der Waals surface area contributed by atoms with Gasteiger partial charge in [0, 0.05) is 11.8 Å². The number of rotatable bonds is 3. The van der Waals surface area contributed by atoms with Crippen molar-refractivity contribution in [3.8, 4) is 6.07 Å². The van der Waals surface area contributed by atoms with E-state index in [1.54, 1.807) is 44.2 Å². The molecule has 3 rings (SSSR count). The summed E-state index contributed by atoms with van der Waals surface area (Å²) in [6.07, 6.45) is 1.50. The van der Waals surface area contributed by atoms with E-state index in [1.807, 2.05) is 6.07 Å². The average molecular weight is 354 g/mol. The predicted octanol–water partition coefficient (Wildman–Crippen LogP) is 3.29. The van der Waals surface area contributed by atoms with E-state index in [0.717, 1.165) is 0 Å². The van der Waals surface area contributed by atoms with Gasteiger partial charge in [-0.15, -0.1) is 0 Å². The first kappa shape index (κ1) is 17.1. The molecule has 1 aromatic heterocycles. The summed E-state index contributed by atoms with van der Waals surface area (Å²) in [6.45, 7) is 3.54. The Bertz CT molecular complexity index is 908. The Kier molecular flexibility index (Phi) is 4.55. The molecule has 1 aliphatic rings. The molecule has 0 aliphatic carbocycles. The van der Waals surface area contributed by atoms with Crippen molar-refractivity contribution in [1.82, 2.24) is 10.3 Å². The van der Waals surface area contributed by atoms with Crippen LogP contribution in [0.15, 0.2) is 47.6 Å². The maximum Gasteiger partial charge on any atom is 0.246 e. The van der Waals surface area contributed by atoms with Gasteiger partial charge in [-0.3, -0.25) is 9.79 Å². The summed E-state index contributed by atoms with van der Waals surface area (Å²) in [6, 6.07) is 11.3. The van der Waals surface area contributed by atoms with Gasteiger partial charge in [-0.25, -0.2) is 9.37 Å². The number of carbonyl (C=O) groups is 1. The van der Waals surface area contributed by atoms with Crippen molar-refractivity contribution < 1.29 is 9.18 Å². The van der Waals surface area contributed by atoms with E-state index in [9.17, 15) is 9.18 Å². The first-order chi connectivity index (χ1) is 11.9. The molecule has 1 N–H and O–H groups in total. The van der Waals surface area contributed by atoms with E-state index in [2.05, 4.69) is 15.3 Å². The van der Waals surface area contributed by atoms with Crippen LogP contribution in [0.1, 0.15) is 36.7 Å². The molecule has 0 bridgehead atoms. The molecule has 2 heterocycles. The van der Waals surface area contributed by atoms with Crippen molar-refractivity contribution in [3.05, 3.63) is 65.2 Å². The van der Waals surface area contributed by atoms with E-state index in [1.165, 1.54) is 24.0 Å². The number of amidine groups is 1. The number of nitriles is 1. The number of amides is 1. The van der Waals surface area contributed by atoms with E-state index in [4.69, 9.17) is 5.26 Å². The van der Waals surface area contributed by atoms with Crippen LogP contribution >= 0.6 is 11.8 Å². The SMILES string of the molecule is CC(N=C1NC(=O)C(C)(c2ccnc(C#N)c2)S1)c1ccccc1F. The molecule has 1 aromatic carbocycles. The molecule has 5 nitrogen and oxygen atoms in total. The number of carbonyl (C=O) groups excluding carboxylic acids is 1. The molecular weight excluding hydrogens is 339 g/mol. The highest BCUT2D eigenvalue weighted by Crippen LogP contribution is 2.41.